The summed E-state index contributed by atoms with van der Waals surface area (Å²) in [6.07, 6.45) is 0. The molecule has 0 saturated carbocycles. The maximum atomic E-state index is 13.5. The second-order valence-electron chi connectivity index (χ2n) is 6.36. The Balaban J connectivity index is 2.10. The minimum Gasteiger partial charge on any atom is -0.347 e. The van der Waals surface area contributed by atoms with E-state index in [-0.39, 0.29) is 22.7 Å². The molecule has 0 unspecified atom stereocenters. The van der Waals surface area contributed by atoms with Gasteiger partial charge in [0.2, 0.25) is 0 Å². The molecule has 0 saturated heterocycles. The lowest BCUT2D eigenvalue weighted by Crippen LogP contribution is -2.40. The third-order valence-corrected chi connectivity index (χ3v) is 3.08. The van der Waals surface area contributed by atoms with Gasteiger partial charge in [-0.2, -0.15) is 0 Å². The fourth-order valence-electron chi connectivity index (χ4n) is 1.97. The van der Waals surface area contributed by atoms with Gasteiger partial charge < -0.3 is 10.6 Å². The first-order valence-electron chi connectivity index (χ1n) is 7.35. The SMILES string of the molecule is CC(C)(C)NC(=O)c1ccc(C(=O)Nc2ccc(F)cc2F)cc1. The highest BCUT2D eigenvalue weighted by Crippen LogP contribution is 2.16. The first-order chi connectivity index (χ1) is 11.2. The van der Waals surface area contributed by atoms with Crippen molar-refractivity contribution in [1.29, 1.82) is 0 Å². The number of halogens is 2. The highest BCUT2D eigenvalue weighted by atomic mass is 19.1. The molecular weight excluding hydrogens is 314 g/mol. The maximum Gasteiger partial charge on any atom is 0.255 e. The lowest BCUT2D eigenvalue weighted by Gasteiger charge is -2.20. The van der Waals surface area contributed by atoms with E-state index in [0.717, 1.165) is 12.1 Å². The van der Waals surface area contributed by atoms with Crippen LogP contribution in [0.4, 0.5) is 14.5 Å². The fourth-order valence-corrected chi connectivity index (χ4v) is 1.97. The molecular formula is C18H18F2N2O2. The van der Waals surface area contributed by atoms with Gasteiger partial charge in [-0.05, 0) is 57.2 Å². The van der Waals surface area contributed by atoms with Crippen molar-refractivity contribution in [1.82, 2.24) is 5.32 Å². The predicted molar refractivity (Wildman–Crippen MR) is 88.0 cm³/mol. The molecule has 0 radical (unpaired) electrons. The van der Waals surface area contributed by atoms with Crippen molar-refractivity contribution >= 4 is 17.5 Å². The molecule has 2 rings (SSSR count). The number of rotatable bonds is 3. The topological polar surface area (TPSA) is 58.2 Å². The van der Waals surface area contributed by atoms with E-state index in [1.54, 1.807) is 0 Å². The zero-order chi connectivity index (χ0) is 17.9. The summed E-state index contributed by atoms with van der Waals surface area (Å²) in [6.45, 7) is 5.60. The van der Waals surface area contributed by atoms with E-state index < -0.39 is 17.5 Å². The van der Waals surface area contributed by atoms with Crippen LogP contribution in [0.5, 0.6) is 0 Å². The van der Waals surface area contributed by atoms with Crippen molar-refractivity contribution in [2.75, 3.05) is 5.32 Å². The maximum absolute atomic E-state index is 13.5. The van der Waals surface area contributed by atoms with Crippen LogP contribution < -0.4 is 10.6 Å². The van der Waals surface area contributed by atoms with Crippen LogP contribution in [0.25, 0.3) is 0 Å². The summed E-state index contributed by atoms with van der Waals surface area (Å²) in [4.78, 5) is 24.1. The molecule has 0 fully saturated rings. The number of carbonyl (C=O) groups excluding carboxylic acids is 2. The van der Waals surface area contributed by atoms with E-state index in [1.165, 1.54) is 24.3 Å². The van der Waals surface area contributed by atoms with Gasteiger partial charge in [-0.15, -0.1) is 0 Å². The molecule has 2 amide bonds. The molecule has 0 aliphatic heterocycles. The summed E-state index contributed by atoms with van der Waals surface area (Å²) in [5.74, 6) is -2.38. The Morgan fingerprint density at radius 3 is 1.92 bits per heavy atom. The van der Waals surface area contributed by atoms with Crippen molar-refractivity contribution in [2.24, 2.45) is 0 Å². The number of anilines is 1. The number of carbonyl (C=O) groups is 2. The molecule has 0 spiro atoms. The summed E-state index contributed by atoms with van der Waals surface area (Å²) < 4.78 is 26.4. The Bertz CT molecular complexity index is 766. The molecule has 0 atom stereocenters. The van der Waals surface area contributed by atoms with E-state index in [2.05, 4.69) is 10.6 Å². The second kappa shape index (κ2) is 6.78. The smallest absolute Gasteiger partial charge is 0.255 e. The Kier molecular flexibility index (Phi) is 4.97. The quantitative estimate of drug-likeness (QED) is 0.899. The zero-order valence-corrected chi connectivity index (χ0v) is 13.6. The van der Waals surface area contributed by atoms with Crippen LogP contribution in [0, 0.1) is 11.6 Å². The van der Waals surface area contributed by atoms with Gasteiger partial charge in [0.25, 0.3) is 11.8 Å². The van der Waals surface area contributed by atoms with Crippen LogP contribution in [-0.2, 0) is 0 Å². The number of nitrogens with one attached hydrogen (secondary N) is 2. The summed E-state index contributed by atoms with van der Waals surface area (Å²) in [7, 11) is 0. The van der Waals surface area contributed by atoms with Gasteiger partial charge in [0.1, 0.15) is 11.6 Å². The van der Waals surface area contributed by atoms with Gasteiger partial charge in [-0.3, -0.25) is 9.59 Å². The van der Waals surface area contributed by atoms with Gasteiger partial charge in [0.05, 0.1) is 5.69 Å². The molecule has 24 heavy (non-hydrogen) atoms. The minimum atomic E-state index is -0.857. The first-order valence-corrected chi connectivity index (χ1v) is 7.35. The first kappa shape index (κ1) is 17.6. The minimum absolute atomic E-state index is 0.115. The van der Waals surface area contributed by atoms with Gasteiger partial charge in [-0.1, -0.05) is 0 Å². The van der Waals surface area contributed by atoms with E-state index in [0.29, 0.717) is 11.6 Å². The molecule has 2 N–H and O–H groups in total. The van der Waals surface area contributed by atoms with Crippen molar-refractivity contribution < 1.29 is 18.4 Å². The Labute approximate surface area is 138 Å². The number of benzene rings is 2. The van der Waals surface area contributed by atoms with Gasteiger partial charge in [0, 0.05) is 22.7 Å². The van der Waals surface area contributed by atoms with Crippen LogP contribution in [0.15, 0.2) is 42.5 Å². The van der Waals surface area contributed by atoms with Crippen molar-refractivity contribution in [2.45, 2.75) is 26.3 Å². The predicted octanol–water partition coefficient (Wildman–Crippen LogP) is 3.75. The summed E-state index contributed by atoms with van der Waals surface area (Å²) in [5.41, 5.74) is 0.184. The summed E-state index contributed by atoms with van der Waals surface area (Å²) >= 11 is 0. The van der Waals surface area contributed by atoms with Crippen LogP contribution in [0.2, 0.25) is 0 Å². The Morgan fingerprint density at radius 2 is 1.42 bits per heavy atom. The van der Waals surface area contributed by atoms with Crippen LogP contribution >= 0.6 is 0 Å². The van der Waals surface area contributed by atoms with Crippen LogP contribution in [-0.4, -0.2) is 17.4 Å². The average molecular weight is 332 g/mol. The van der Waals surface area contributed by atoms with E-state index in [9.17, 15) is 18.4 Å². The number of amides is 2. The largest absolute Gasteiger partial charge is 0.347 e. The van der Waals surface area contributed by atoms with E-state index in [4.69, 9.17) is 0 Å². The van der Waals surface area contributed by atoms with Gasteiger partial charge >= 0.3 is 0 Å². The average Bonchev–Trinajstić information content (AvgIpc) is 2.48. The fraction of sp³-hybridized carbons (Fsp3) is 0.222. The Morgan fingerprint density at radius 1 is 0.875 bits per heavy atom. The van der Waals surface area contributed by atoms with E-state index >= 15 is 0 Å². The normalized spacial score (nSPS) is 11.0. The molecule has 0 aliphatic rings. The number of hydrogen-bond acceptors (Lipinski definition) is 2. The standard InChI is InChI=1S/C18H18F2N2O2/c1-18(2,3)22-17(24)12-6-4-11(5-7-12)16(23)21-15-9-8-13(19)10-14(15)20/h4-10H,1-3H3,(H,21,23)(H,22,24). The molecule has 4 nitrogen and oxygen atoms in total. The molecule has 126 valence electrons. The third-order valence-electron chi connectivity index (χ3n) is 3.08. The molecule has 0 bridgehead atoms. The van der Waals surface area contributed by atoms with Gasteiger partial charge in [-0.25, -0.2) is 8.78 Å². The molecule has 2 aromatic carbocycles. The molecule has 0 aliphatic carbocycles. The lowest BCUT2D eigenvalue weighted by molar-refractivity contribution is 0.0918. The highest BCUT2D eigenvalue weighted by Gasteiger charge is 2.16. The summed E-state index contributed by atoms with van der Waals surface area (Å²) in [5, 5.41) is 5.17. The van der Waals surface area contributed by atoms with Crippen LogP contribution in [0.1, 0.15) is 41.5 Å². The Hall–Kier alpha value is -2.76. The van der Waals surface area contributed by atoms with Crippen LogP contribution in [0.3, 0.4) is 0 Å². The molecule has 2 aromatic rings. The lowest BCUT2D eigenvalue weighted by atomic mass is 10.1. The number of hydrogen-bond donors (Lipinski definition) is 2. The van der Waals surface area contributed by atoms with Crippen molar-refractivity contribution in [3.05, 3.63) is 65.2 Å². The highest BCUT2D eigenvalue weighted by molar-refractivity contribution is 6.05. The molecule has 0 heterocycles. The summed E-state index contributed by atoms with van der Waals surface area (Å²) in [6, 6.07) is 8.85. The molecule has 6 heteroatoms. The monoisotopic (exact) mass is 332 g/mol. The van der Waals surface area contributed by atoms with Gasteiger partial charge in [0.15, 0.2) is 0 Å². The van der Waals surface area contributed by atoms with Crippen molar-refractivity contribution in [3.63, 3.8) is 0 Å². The van der Waals surface area contributed by atoms with Crippen molar-refractivity contribution in [3.8, 4) is 0 Å². The molecule has 0 aromatic heterocycles. The van der Waals surface area contributed by atoms with E-state index in [1.807, 2.05) is 20.8 Å². The second-order valence-corrected chi connectivity index (χ2v) is 6.36. The third kappa shape index (κ3) is 4.62. The zero-order valence-electron chi connectivity index (χ0n) is 13.6.